The number of hydrogen-bond donors (Lipinski definition) is 2. The maximum Gasteiger partial charge on any atom is 0.586 e. The molecule has 2 N–H and O–H groups in total. The van der Waals surface area contributed by atoms with E-state index in [9.17, 15) is 18.4 Å². The first-order chi connectivity index (χ1) is 14.8. The Morgan fingerprint density at radius 1 is 1.03 bits per heavy atom. The number of carbonyl (C=O) groups excluding carboxylic acids is 2. The van der Waals surface area contributed by atoms with Crippen LogP contribution in [-0.4, -0.2) is 24.7 Å². The Morgan fingerprint density at radius 2 is 1.81 bits per heavy atom. The molecule has 2 amide bonds. The highest BCUT2D eigenvalue weighted by molar-refractivity contribution is 6.10. The highest BCUT2D eigenvalue weighted by Gasteiger charge is 2.45. The van der Waals surface area contributed by atoms with Crippen molar-refractivity contribution in [3.05, 3.63) is 53.1 Å². The van der Waals surface area contributed by atoms with Gasteiger partial charge in [-0.05, 0) is 49.9 Å². The Kier molecular flexibility index (Phi) is 5.80. The van der Waals surface area contributed by atoms with E-state index in [0.29, 0.717) is 23.7 Å². The fraction of sp³-hybridized carbons (Fsp3) is 0.391. The van der Waals surface area contributed by atoms with Crippen molar-refractivity contribution in [2.75, 3.05) is 11.9 Å². The van der Waals surface area contributed by atoms with Crippen LogP contribution >= 0.6 is 0 Å². The molecule has 164 valence electrons. The zero-order valence-corrected chi connectivity index (χ0v) is 17.2. The van der Waals surface area contributed by atoms with Gasteiger partial charge in [0.15, 0.2) is 11.5 Å². The molecule has 1 aliphatic heterocycles. The van der Waals surface area contributed by atoms with Gasteiger partial charge >= 0.3 is 6.29 Å². The highest BCUT2D eigenvalue weighted by Crippen LogP contribution is 2.43. The number of benzene rings is 2. The average molecular weight is 430 g/mol. The molecule has 0 saturated heterocycles. The quantitative estimate of drug-likeness (QED) is 0.709. The summed E-state index contributed by atoms with van der Waals surface area (Å²) >= 11 is 0. The number of rotatable bonds is 5. The molecule has 1 heterocycles. The van der Waals surface area contributed by atoms with Crippen LogP contribution in [0.3, 0.4) is 0 Å². The molecule has 1 aliphatic carbocycles. The molecule has 2 aliphatic rings. The maximum absolute atomic E-state index is 13.4. The monoisotopic (exact) mass is 430 g/mol. The highest BCUT2D eigenvalue weighted by atomic mass is 19.3. The summed E-state index contributed by atoms with van der Waals surface area (Å²) in [6.45, 7) is 2.44. The van der Waals surface area contributed by atoms with Gasteiger partial charge in [-0.2, -0.15) is 0 Å². The fourth-order valence-electron chi connectivity index (χ4n) is 4.02. The normalized spacial score (nSPS) is 17.3. The minimum absolute atomic E-state index is 0.108. The van der Waals surface area contributed by atoms with Crippen molar-refractivity contribution in [1.82, 2.24) is 5.32 Å². The number of carbonyl (C=O) groups is 2. The van der Waals surface area contributed by atoms with Crippen LogP contribution in [0.2, 0.25) is 0 Å². The number of anilines is 1. The van der Waals surface area contributed by atoms with Gasteiger partial charge < -0.3 is 20.1 Å². The fourth-order valence-corrected chi connectivity index (χ4v) is 4.02. The van der Waals surface area contributed by atoms with Crippen LogP contribution in [-0.2, 0) is 0 Å². The molecule has 0 unspecified atom stereocenters. The van der Waals surface area contributed by atoms with Crippen LogP contribution in [0.1, 0.15) is 58.4 Å². The van der Waals surface area contributed by atoms with E-state index in [2.05, 4.69) is 20.1 Å². The molecule has 1 saturated carbocycles. The summed E-state index contributed by atoms with van der Waals surface area (Å²) in [4.78, 5) is 25.7. The van der Waals surface area contributed by atoms with Crippen molar-refractivity contribution in [3.8, 4) is 11.5 Å². The van der Waals surface area contributed by atoms with Crippen LogP contribution in [0.15, 0.2) is 36.4 Å². The van der Waals surface area contributed by atoms with Crippen LogP contribution < -0.4 is 20.1 Å². The first-order valence-corrected chi connectivity index (χ1v) is 10.4. The van der Waals surface area contributed by atoms with E-state index >= 15 is 0 Å². The molecule has 8 heteroatoms. The maximum atomic E-state index is 13.4. The largest absolute Gasteiger partial charge is 0.586 e. The zero-order valence-electron chi connectivity index (χ0n) is 17.2. The first-order valence-electron chi connectivity index (χ1n) is 10.4. The summed E-state index contributed by atoms with van der Waals surface area (Å²) < 4.78 is 35.8. The van der Waals surface area contributed by atoms with E-state index in [1.54, 1.807) is 18.2 Å². The van der Waals surface area contributed by atoms with Gasteiger partial charge in [0.25, 0.3) is 11.8 Å². The Labute approximate surface area is 178 Å². The van der Waals surface area contributed by atoms with E-state index in [1.165, 1.54) is 37.5 Å². The number of fused-ring (bicyclic) bond motifs is 1. The minimum Gasteiger partial charge on any atom is -0.395 e. The molecule has 1 fully saturated rings. The molecule has 2 aromatic carbocycles. The zero-order chi connectivity index (χ0) is 22.0. The molecule has 31 heavy (non-hydrogen) atoms. The lowest BCUT2D eigenvalue weighted by atomic mass is 9.89. The van der Waals surface area contributed by atoms with E-state index < -0.39 is 12.2 Å². The average Bonchev–Trinajstić information content (AvgIpc) is 3.07. The van der Waals surface area contributed by atoms with Gasteiger partial charge in [0, 0.05) is 6.54 Å². The molecule has 0 atom stereocenters. The number of halogens is 2. The number of alkyl halides is 2. The van der Waals surface area contributed by atoms with Crippen LogP contribution in [0, 0.1) is 12.8 Å². The van der Waals surface area contributed by atoms with Crippen molar-refractivity contribution in [2.24, 2.45) is 5.92 Å². The summed E-state index contributed by atoms with van der Waals surface area (Å²) in [6, 6.07) is 9.15. The summed E-state index contributed by atoms with van der Waals surface area (Å²) in [6.07, 6.45) is 1.97. The van der Waals surface area contributed by atoms with Crippen LogP contribution in [0.5, 0.6) is 11.5 Å². The molecule has 2 aromatic rings. The number of para-hydroxylation sites is 1. The molecule has 0 spiro atoms. The van der Waals surface area contributed by atoms with Gasteiger partial charge in [-0.1, -0.05) is 37.0 Å². The van der Waals surface area contributed by atoms with Gasteiger partial charge in [0.1, 0.15) is 0 Å². The lowest BCUT2D eigenvalue weighted by Gasteiger charge is -2.22. The number of aryl methyl sites for hydroxylation is 1. The van der Waals surface area contributed by atoms with E-state index in [0.717, 1.165) is 18.4 Å². The molecule has 0 aromatic heterocycles. The minimum atomic E-state index is -3.83. The van der Waals surface area contributed by atoms with Crippen molar-refractivity contribution >= 4 is 17.5 Å². The third-order valence-electron chi connectivity index (χ3n) is 5.62. The lowest BCUT2D eigenvalue weighted by Crippen LogP contribution is -2.31. The Bertz CT molecular complexity index is 1000. The summed E-state index contributed by atoms with van der Waals surface area (Å²) in [5.74, 6) is -1.05. The number of ether oxygens (including phenoxy) is 2. The van der Waals surface area contributed by atoms with E-state index in [4.69, 9.17) is 0 Å². The van der Waals surface area contributed by atoms with Gasteiger partial charge in [-0.25, -0.2) is 0 Å². The summed E-state index contributed by atoms with van der Waals surface area (Å²) in [7, 11) is 0. The van der Waals surface area contributed by atoms with Crippen LogP contribution in [0.25, 0.3) is 0 Å². The molecular formula is C23H24F2N2O4. The van der Waals surface area contributed by atoms with E-state index in [-0.39, 0.29) is 23.0 Å². The topological polar surface area (TPSA) is 76.7 Å². The predicted octanol–water partition coefficient (Wildman–Crippen LogP) is 4.88. The SMILES string of the molecule is Cc1ccc(NC(=O)c2cccc3c2OC(F)(F)O3)c(C(=O)NCC2CCCCC2)c1. The van der Waals surface area contributed by atoms with Crippen LogP contribution in [0.4, 0.5) is 14.5 Å². The lowest BCUT2D eigenvalue weighted by molar-refractivity contribution is -0.286. The third-order valence-corrected chi connectivity index (χ3v) is 5.62. The Morgan fingerprint density at radius 3 is 2.58 bits per heavy atom. The second-order valence-electron chi connectivity index (χ2n) is 8.02. The van der Waals surface area contributed by atoms with Gasteiger partial charge in [0.2, 0.25) is 0 Å². The number of hydrogen-bond acceptors (Lipinski definition) is 4. The number of nitrogens with one attached hydrogen (secondary N) is 2. The summed E-state index contributed by atoms with van der Waals surface area (Å²) in [5, 5.41) is 5.62. The van der Waals surface area contributed by atoms with Gasteiger partial charge in [0.05, 0.1) is 16.8 Å². The summed E-state index contributed by atoms with van der Waals surface area (Å²) in [5.41, 5.74) is 1.36. The molecule has 4 rings (SSSR count). The van der Waals surface area contributed by atoms with Crippen molar-refractivity contribution < 1.29 is 27.8 Å². The molecule has 0 radical (unpaired) electrons. The second-order valence-corrected chi connectivity index (χ2v) is 8.02. The Hall–Kier alpha value is -3.16. The smallest absolute Gasteiger partial charge is 0.395 e. The first kappa shape index (κ1) is 21.1. The van der Waals surface area contributed by atoms with E-state index in [1.807, 2.05) is 6.92 Å². The third kappa shape index (κ3) is 4.78. The number of amides is 2. The second kappa shape index (κ2) is 8.53. The van der Waals surface area contributed by atoms with Crippen molar-refractivity contribution in [3.63, 3.8) is 0 Å². The molecular weight excluding hydrogens is 406 g/mol. The van der Waals surface area contributed by atoms with Crippen molar-refractivity contribution in [2.45, 2.75) is 45.3 Å². The van der Waals surface area contributed by atoms with Crippen molar-refractivity contribution in [1.29, 1.82) is 0 Å². The van der Waals surface area contributed by atoms with Gasteiger partial charge in [-0.15, -0.1) is 8.78 Å². The molecule has 0 bridgehead atoms. The standard InChI is InChI=1S/C23H24F2N2O4/c1-14-10-11-18(17(12-14)21(28)26-13-15-6-3-2-4-7-15)27-22(29)16-8-5-9-19-20(16)31-23(24,25)30-19/h5,8-12,15H,2-4,6-7,13H2,1H3,(H,26,28)(H,27,29). The predicted molar refractivity (Wildman–Crippen MR) is 111 cm³/mol. The molecule has 6 nitrogen and oxygen atoms in total. The Balaban J connectivity index is 1.51. The van der Waals surface area contributed by atoms with Gasteiger partial charge in [-0.3, -0.25) is 9.59 Å².